The van der Waals surface area contributed by atoms with Crippen molar-refractivity contribution in [1.82, 2.24) is 0 Å². The van der Waals surface area contributed by atoms with E-state index in [4.69, 9.17) is 15.2 Å². The number of methoxy groups -OCH3 is 1. The molecule has 0 aliphatic carbocycles. The van der Waals surface area contributed by atoms with Gasteiger partial charge in [-0.3, -0.25) is 0 Å². The van der Waals surface area contributed by atoms with Crippen LogP contribution in [0.3, 0.4) is 0 Å². The van der Waals surface area contributed by atoms with Gasteiger partial charge in [0.1, 0.15) is 11.5 Å². The molecule has 18 heavy (non-hydrogen) atoms. The number of nitrogen functional groups attached to an aromatic ring is 1. The molecule has 0 saturated carbocycles. The van der Waals surface area contributed by atoms with E-state index < -0.39 is 0 Å². The van der Waals surface area contributed by atoms with Crippen molar-refractivity contribution in [3.63, 3.8) is 0 Å². The first-order valence-electron chi connectivity index (χ1n) is 5.47. The lowest BCUT2D eigenvalue weighted by atomic mass is 10.2. The van der Waals surface area contributed by atoms with Gasteiger partial charge in [-0.15, -0.1) is 0 Å². The zero-order valence-electron chi connectivity index (χ0n) is 10.2. The molecule has 0 amide bonds. The van der Waals surface area contributed by atoms with Crippen LogP contribution in [0.2, 0.25) is 0 Å². The van der Waals surface area contributed by atoms with Gasteiger partial charge >= 0.3 is 0 Å². The maximum Gasteiger partial charge on any atom is 0.150 e. The monoisotopic (exact) mass is 307 g/mol. The molecule has 0 unspecified atom stereocenters. The molecule has 94 valence electrons. The Morgan fingerprint density at radius 1 is 1.06 bits per heavy atom. The molecular weight excluding hydrogens is 294 g/mol. The number of rotatable bonds is 3. The largest absolute Gasteiger partial charge is 0.497 e. The molecule has 4 heteroatoms. The molecule has 2 aromatic rings. The second-order valence-corrected chi connectivity index (χ2v) is 4.83. The maximum absolute atomic E-state index is 5.92. The van der Waals surface area contributed by atoms with E-state index in [-0.39, 0.29) is 0 Å². The van der Waals surface area contributed by atoms with E-state index in [0.29, 0.717) is 17.2 Å². The first kappa shape index (κ1) is 12.8. The van der Waals surface area contributed by atoms with Crippen LogP contribution in [0.4, 0.5) is 5.69 Å². The fourth-order valence-corrected chi connectivity index (χ4v) is 1.89. The van der Waals surface area contributed by atoms with Crippen molar-refractivity contribution in [1.29, 1.82) is 0 Å². The molecule has 0 aliphatic heterocycles. The number of hydrogen-bond acceptors (Lipinski definition) is 3. The van der Waals surface area contributed by atoms with Crippen LogP contribution >= 0.6 is 15.9 Å². The van der Waals surface area contributed by atoms with Gasteiger partial charge in [0.25, 0.3) is 0 Å². The number of nitrogens with two attached hydrogens (primary N) is 1. The lowest BCUT2D eigenvalue weighted by molar-refractivity contribution is 0.413. The minimum atomic E-state index is 0.550. The van der Waals surface area contributed by atoms with E-state index in [1.54, 1.807) is 19.2 Å². The summed E-state index contributed by atoms with van der Waals surface area (Å²) in [5, 5.41) is 0. The minimum absolute atomic E-state index is 0.550. The molecule has 0 atom stereocenters. The van der Waals surface area contributed by atoms with Crippen molar-refractivity contribution >= 4 is 21.6 Å². The first-order chi connectivity index (χ1) is 8.60. The highest BCUT2D eigenvalue weighted by atomic mass is 79.9. The Balaban J connectivity index is 2.31. The number of ether oxygens (including phenoxy) is 2. The Labute approximate surface area is 115 Å². The van der Waals surface area contributed by atoms with Crippen molar-refractivity contribution in [3.8, 4) is 17.2 Å². The standard InChI is InChI=1S/C14H14BrNO2/c1-9-3-4-10(15)7-14(9)18-13-6-5-11(17-2)8-12(13)16/h3-8H,16H2,1-2H3. The Bertz CT molecular complexity index is 570. The van der Waals surface area contributed by atoms with Crippen molar-refractivity contribution < 1.29 is 9.47 Å². The Morgan fingerprint density at radius 3 is 2.50 bits per heavy atom. The van der Waals surface area contributed by atoms with Crippen molar-refractivity contribution in [3.05, 3.63) is 46.4 Å². The Morgan fingerprint density at radius 2 is 1.83 bits per heavy atom. The van der Waals surface area contributed by atoms with Gasteiger partial charge in [-0.25, -0.2) is 0 Å². The van der Waals surface area contributed by atoms with Crippen molar-refractivity contribution in [2.75, 3.05) is 12.8 Å². The fraction of sp³-hybridized carbons (Fsp3) is 0.143. The average Bonchev–Trinajstić information content (AvgIpc) is 2.36. The highest BCUT2D eigenvalue weighted by Crippen LogP contribution is 2.33. The van der Waals surface area contributed by atoms with Crippen LogP contribution in [-0.4, -0.2) is 7.11 Å². The summed E-state index contributed by atoms with van der Waals surface area (Å²) < 4.78 is 11.9. The fourth-order valence-electron chi connectivity index (χ4n) is 1.55. The third-order valence-electron chi connectivity index (χ3n) is 2.59. The predicted molar refractivity (Wildman–Crippen MR) is 76.4 cm³/mol. The van der Waals surface area contributed by atoms with E-state index in [1.165, 1.54) is 0 Å². The van der Waals surface area contributed by atoms with E-state index in [2.05, 4.69) is 15.9 Å². The summed E-state index contributed by atoms with van der Waals surface area (Å²) in [6.07, 6.45) is 0. The normalized spacial score (nSPS) is 10.2. The van der Waals surface area contributed by atoms with Gasteiger partial charge < -0.3 is 15.2 Å². The molecule has 0 bridgehead atoms. The molecule has 0 spiro atoms. The molecule has 0 fully saturated rings. The highest BCUT2D eigenvalue weighted by molar-refractivity contribution is 9.10. The number of benzene rings is 2. The maximum atomic E-state index is 5.92. The van der Waals surface area contributed by atoms with Crippen molar-refractivity contribution in [2.24, 2.45) is 0 Å². The number of halogens is 1. The summed E-state index contributed by atoms with van der Waals surface area (Å²) in [7, 11) is 1.60. The average molecular weight is 308 g/mol. The van der Waals surface area contributed by atoms with E-state index in [9.17, 15) is 0 Å². The molecule has 0 heterocycles. The molecule has 2 N–H and O–H groups in total. The summed E-state index contributed by atoms with van der Waals surface area (Å²) in [4.78, 5) is 0. The Kier molecular flexibility index (Phi) is 3.77. The topological polar surface area (TPSA) is 44.5 Å². The summed E-state index contributed by atoms with van der Waals surface area (Å²) in [6, 6.07) is 11.2. The lowest BCUT2D eigenvalue weighted by Crippen LogP contribution is -1.94. The molecule has 0 radical (unpaired) electrons. The molecule has 2 aromatic carbocycles. The van der Waals surface area contributed by atoms with Gasteiger partial charge in [-0.2, -0.15) is 0 Å². The number of anilines is 1. The summed E-state index contributed by atoms with van der Waals surface area (Å²) in [5.41, 5.74) is 7.52. The van der Waals surface area contributed by atoms with Crippen LogP contribution < -0.4 is 15.2 Å². The highest BCUT2D eigenvalue weighted by Gasteiger charge is 2.06. The first-order valence-corrected chi connectivity index (χ1v) is 6.27. The number of aryl methyl sites for hydroxylation is 1. The third kappa shape index (κ3) is 2.76. The van der Waals surface area contributed by atoms with Crippen LogP contribution in [0.25, 0.3) is 0 Å². The Hall–Kier alpha value is -1.68. The van der Waals surface area contributed by atoms with Crippen LogP contribution in [0.5, 0.6) is 17.2 Å². The van der Waals surface area contributed by atoms with Gasteiger partial charge in [0.05, 0.1) is 12.8 Å². The predicted octanol–water partition coefficient (Wildman–Crippen LogP) is 4.14. The van der Waals surface area contributed by atoms with E-state index in [0.717, 1.165) is 15.8 Å². The zero-order valence-corrected chi connectivity index (χ0v) is 11.8. The van der Waals surface area contributed by atoms with Crippen LogP contribution in [0, 0.1) is 6.92 Å². The molecular formula is C14H14BrNO2. The summed E-state index contributed by atoms with van der Waals surface area (Å²) >= 11 is 3.42. The second kappa shape index (κ2) is 5.31. The minimum Gasteiger partial charge on any atom is -0.497 e. The zero-order chi connectivity index (χ0) is 13.1. The number of hydrogen-bond donors (Lipinski definition) is 1. The van der Waals surface area contributed by atoms with Gasteiger partial charge in [0, 0.05) is 10.5 Å². The molecule has 0 aromatic heterocycles. The quantitative estimate of drug-likeness (QED) is 0.867. The van der Waals surface area contributed by atoms with Crippen LogP contribution in [0.1, 0.15) is 5.56 Å². The van der Waals surface area contributed by atoms with Gasteiger partial charge in [-0.05, 0) is 36.8 Å². The van der Waals surface area contributed by atoms with Gasteiger partial charge in [-0.1, -0.05) is 22.0 Å². The van der Waals surface area contributed by atoms with E-state index in [1.807, 2.05) is 31.2 Å². The molecule has 0 aliphatic rings. The molecule has 3 nitrogen and oxygen atoms in total. The smallest absolute Gasteiger partial charge is 0.150 e. The SMILES string of the molecule is COc1ccc(Oc2cc(Br)ccc2C)c(N)c1. The van der Waals surface area contributed by atoms with Gasteiger partial charge in [0.15, 0.2) is 5.75 Å². The van der Waals surface area contributed by atoms with Gasteiger partial charge in [0.2, 0.25) is 0 Å². The third-order valence-corrected chi connectivity index (χ3v) is 3.08. The van der Waals surface area contributed by atoms with Crippen LogP contribution in [-0.2, 0) is 0 Å². The summed E-state index contributed by atoms with van der Waals surface area (Å²) in [6.45, 7) is 1.99. The lowest BCUT2D eigenvalue weighted by Gasteiger charge is -2.12. The molecule has 2 rings (SSSR count). The van der Waals surface area contributed by atoms with Crippen molar-refractivity contribution in [2.45, 2.75) is 6.92 Å². The second-order valence-electron chi connectivity index (χ2n) is 3.92. The molecule has 0 saturated heterocycles. The van der Waals surface area contributed by atoms with E-state index >= 15 is 0 Å². The van der Waals surface area contributed by atoms with Crippen LogP contribution in [0.15, 0.2) is 40.9 Å². The summed E-state index contributed by atoms with van der Waals surface area (Å²) in [5.74, 6) is 2.11.